The number of carboxylic acids is 1. The molecule has 0 saturated carbocycles. The van der Waals surface area contributed by atoms with Crippen LogP contribution < -0.4 is 4.72 Å². The standard InChI is InChI=1S/C15H15NO4S/c1-11-7-8-13(15(17)18)9-14(11)21(19,20)16-10-12-5-3-2-4-6-12/h2-9,16H,10H2,1H3,(H,17,18). The third-order valence-corrected chi connectivity index (χ3v) is 4.58. The summed E-state index contributed by atoms with van der Waals surface area (Å²) in [6.07, 6.45) is 0. The Bertz CT molecular complexity index is 754. The Morgan fingerprint density at radius 2 is 1.81 bits per heavy atom. The van der Waals surface area contributed by atoms with Gasteiger partial charge in [0.05, 0.1) is 10.5 Å². The molecule has 0 aliphatic heterocycles. The summed E-state index contributed by atoms with van der Waals surface area (Å²) in [5.74, 6) is -1.16. The first kappa shape index (κ1) is 15.2. The van der Waals surface area contributed by atoms with Crippen LogP contribution in [-0.2, 0) is 16.6 Å². The van der Waals surface area contributed by atoms with Crippen LogP contribution in [0.25, 0.3) is 0 Å². The summed E-state index contributed by atoms with van der Waals surface area (Å²) in [4.78, 5) is 10.9. The molecule has 6 heteroatoms. The highest BCUT2D eigenvalue weighted by molar-refractivity contribution is 7.89. The van der Waals surface area contributed by atoms with E-state index in [1.807, 2.05) is 30.3 Å². The normalized spacial score (nSPS) is 11.3. The molecule has 5 nitrogen and oxygen atoms in total. The quantitative estimate of drug-likeness (QED) is 0.887. The van der Waals surface area contributed by atoms with Gasteiger partial charge < -0.3 is 5.11 Å². The molecule has 0 aromatic heterocycles. The van der Waals surface area contributed by atoms with E-state index in [1.54, 1.807) is 6.92 Å². The number of hydrogen-bond donors (Lipinski definition) is 2. The molecule has 0 bridgehead atoms. The molecule has 2 N–H and O–H groups in total. The lowest BCUT2D eigenvalue weighted by atomic mass is 10.1. The van der Waals surface area contributed by atoms with Gasteiger partial charge in [-0.1, -0.05) is 36.4 Å². The maximum Gasteiger partial charge on any atom is 0.335 e. The highest BCUT2D eigenvalue weighted by atomic mass is 32.2. The average molecular weight is 305 g/mol. The van der Waals surface area contributed by atoms with Crippen LogP contribution in [-0.4, -0.2) is 19.5 Å². The van der Waals surface area contributed by atoms with Crippen molar-refractivity contribution in [3.05, 3.63) is 65.2 Å². The summed E-state index contributed by atoms with van der Waals surface area (Å²) < 4.78 is 27.1. The predicted molar refractivity (Wildman–Crippen MR) is 78.6 cm³/mol. The highest BCUT2D eigenvalue weighted by Gasteiger charge is 2.18. The molecule has 0 fully saturated rings. The van der Waals surface area contributed by atoms with Crippen LogP contribution in [0.4, 0.5) is 0 Å². The third kappa shape index (κ3) is 3.68. The van der Waals surface area contributed by atoms with Crippen LogP contribution in [0.2, 0.25) is 0 Å². The van der Waals surface area contributed by atoms with E-state index in [0.717, 1.165) is 5.56 Å². The molecule has 21 heavy (non-hydrogen) atoms. The predicted octanol–water partition coefficient (Wildman–Crippen LogP) is 2.17. The molecule has 2 aromatic carbocycles. The largest absolute Gasteiger partial charge is 0.478 e. The Morgan fingerprint density at radius 3 is 2.43 bits per heavy atom. The SMILES string of the molecule is Cc1ccc(C(=O)O)cc1S(=O)(=O)NCc1ccccc1. The fourth-order valence-corrected chi connectivity index (χ4v) is 3.16. The van der Waals surface area contributed by atoms with Crippen LogP contribution >= 0.6 is 0 Å². The van der Waals surface area contributed by atoms with Crippen molar-refractivity contribution >= 4 is 16.0 Å². The summed E-state index contributed by atoms with van der Waals surface area (Å²) in [6, 6.07) is 13.1. The Morgan fingerprint density at radius 1 is 1.14 bits per heavy atom. The smallest absolute Gasteiger partial charge is 0.335 e. The Hall–Kier alpha value is -2.18. The Kier molecular flexibility index (Phi) is 4.40. The van der Waals surface area contributed by atoms with Crippen LogP contribution in [0.5, 0.6) is 0 Å². The number of carbonyl (C=O) groups is 1. The second-order valence-electron chi connectivity index (χ2n) is 4.60. The van der Waals surface area contributed by atoms with Gasteiger partial charge >= 0.3 is 5.97 Å². The minimum Gasteiger partial charge on any atom is -0.478 e. The maximum absolute atomic E-state index is 12.3. The fourth-order valence-electron chi connectivity index (χ4n) is 1.87. The summed E-state index contributed by atoms with van der Waals surface area (Å²) in [6.45, 7) is 1.78. The van der Waals surface area contributed by atoms with Gasteiger partial charge in [0.1, 0.15) is 0 Å². The first-order valence-corrected chi connectivity index (χ1v) is 7.76. The molecular weight excluding hydrogens is 290 g/mol. The van der Waals surface area contributed by atoms with E-state index >= 15 is 0 Å². The molecule has 0 saturated heterocycles. The van der Waals surface area contributed by atoms with E-state index < -0.39 is 16.0 Å². The summed E-state index contributed by atoms with van der Waals surface area (Å²) >= 11 is 0. The first-order chi connectivity index (χ1) is 9.90. The molecule has 2 rings (SSSR count). The Balaban J connectivity index is 2.27. The molecule has 0 atom stereocenters. The molecule has 2 aromatic rings. The van der Waals surface area contributed by atoms with Crippen molar-refractivity contribution in [1.82, 2.24) is 4.72 Å². The number of nitrogens with one attached hydrogen (secondary N) is 1. The van der Waals surface area contributed by atoms with Gasteiger partial charge in [0.25, 0.3) is 0 Å². The van der Waals surface area contributed by atoms with Gasteiger partial charge in [-0.2, -0.15) is 0 Å². The van der Waals surface area contributed by atoms with E-state index in [2.05, 4.69) is 4.72 Å². The van der Waals surface area contributed by atoms with Crippen LogP contribution in [0.15, 0.2) is 53.4 Å². The lowest BCUT2D eigenvalue weighted by molar-refractivity contribution is 0.0696. The molecule has 0 heterocycles. The van der Waals surface area contributed by atoms with E-state index in [0.29, 0.717) is 5.56 Å². The van der Waals surface area contributed by atoms with Crippen LogP contribution in [0.3, 0.4) is 0 Å². The maximum atomic E-state index is 12.3. The lowest BCUT2D eigenvalue weighted by Crippen LogP contribution is -2.24. The van der Waals surface area contributed by atoms with Crippen molar-refractivity contribution in [1.29, 1.82) is 0 Å². The highest BCUT2D eigenvalue weighted by Crippen LogP contribution is 2.17. The lowest BCUT2D eigenvalue weighted by Gasteiger charge is -2.10. The van der Waals surface area contributed by atoms with Crippen molar-refractivity contribution in [2.45, 2.75) is 18.4 Å². The second kappa shape index (κ2) is 6.07. The number of benzene rings is 2. The Labute approximate surface area is 123 Å². The minimum absolute atomic E-state index is 0.0154. The molecule has 110 valence electrons. The van der Waals surface area contributed by atoms with Gasteiger partial charge in [0, 0.05) is 6.54 Å². The monoisotopic (exact) mass is 305 g/mol. The topological polar surface area (TPSA) is 83.5 Å². The van der Waals surface area contributed by atoms with Gasteiger partial charge in [-0.3, -0.25) is 0 Å². The summed E-state index contributed by atoms with van der Waals surface area (Å²) in [7, 11) is -3.76. The van der Waals surface area contributed by atoms with Crippen molar-refractivity contribution in [3.63, 3.8) is 0 Å². The van der Waals surface area contributed by atoms with E-state index in [-0.39, 0.29) is 17.0 Å². The number of aryl methyl sites for hydroxylation is 1. The van der Waals surface area contributed by atoms with Crippen LogP contribution in [0, 0.1) is 6.92 Å². The van der Waals surface area contributed by atoms with E-state index in [4.69, 9.17) is 5.11 Å². The third-order valence-electron chi connectivity index (χ3n) is 3.03. The molecule has 0 unspecified atom stereocenters. The van der Waals surface area contributed by atoms with Crippen molar-refractivity contribution in [2.24, 2.45) is 0 Å². The summed E-state index contributed by atoms with van der Waals surface area (Å²) in [5.41, 5.74) is 1.27. The first-order valence-electron chi connectivity index (χ1n) is 6.28. The molecule has 0 spiro atoms. The summed E-state index contributed by atoms with van der Waals surface area (Å²) in [5, 5.41) is 8.96. The average Bonchev–Trinajstić information content (AvgIpc) is 2.46. The molecular formula is C15H15NO4S. The van der Waals surface area contributed by atoms with E-state index in [9.17, 15) is 13.2 Å². The zero-order valence-electron chi connectivity index (χ0n) is 11.4. The van der Waals surface area contributed by atoms with Gasteiger partial charge in [-0.15, -0.1) is 0 Å². The molecule has 0 radical (unpaired) electrons. The number of sulfonamides is 1. The number of aromatic carboxylic acids is 1. The van der Waals surface area contributed by atoms with Gasteiger partial charge in [0.15, 0.2) is 0 Å². The second-order valence-corrected chi connectivity index (χ2v) is 6.33. The van der Waals surface area contributed by atoms with Gasteiger partial charge in [-0.05, 0) is 30.2 Å². The molecule has 0 aliphatic carbocycles. The van der Waals surface area contributed by atoms with Crippen LogP contribution in [0.1, 0.15) is 21.5 Å². The number of rotatable bonds is 5. The zero-order chi connectivity index (χ0) is 15.5. The molecule has 0 amide bonds. The number of hydrogen-bond acceptors (Lipinski definition) is 3. The van der Waals surface area contributed by atoms with E-state index in [1.165, 1.54) is 18.2 Å². The van der Waals surface area contributed by atoms with Crippen molar-refractivity contribution in [3.8, 4) is 0 Å². The van der Waals surface area contributed by atoms with Gasteiger partial charge in [0.2, 0.25) is 10.0 Å². The van der Waals surface area contributed by atoms with Gasteiger partial charge in [-0.25, -0.2) is 17.9 Å². The molecule has 0 aliphatic rings. The fraction of sp³-hybridized carbons (Fsp3) is 0.133. The minimum atomic E-state index is -3.76. The number of carboxylic acid groups (broad SMARTS) is 1. The zero-order valence-corrected chi connectivity index (χ0v) is 12.2. The van der Waals surface area contributed by atoms with Crippen molar-refractivity contribution < 1.29 is 18.3 Å². The van der Waals surface area contributed by atoms with Crippen molar-refractivity contribution in [2.75, 3.05) is 0 Å².